The normalized spacial score (nSPS) is 20.9. The topological polar surface area (TPSA) is 176 Å². The van der Waals surface area contributed by atoms with Gasteiger partial charge in [-0.2, -0.15) is 18.3 Å². The minimum absolute atomic E-state index is 0.00144. The summed E-state index contributed by atoms with van der Waals surface area (Å²) in [5.41, 5.74) is -0.593. The highest BCUT2D eigenvalue weighted by Gasteiger charge is 2.49. The van der Waals surface area contributed by atoms with Gasteiger partial charge < -0.3 is 19.9 Å². The van der Waals surface area contributed by atoms with Gasteiger partial charge >= 0.3 is 6.18 Å². The summed E-state index contributed by atoms with van der Waals surface area (Å²) >= 11 is 0. The first-order valence-electron chi connectivity index (χ1n) is 20.1. The van der Waals surface area contributed by atoms with Gasteiger partial charge in [0.1, 0.15) is 29.0 Å². The summed E-state index contributed by atoms with van der Waals surface area (Å²) in [5.74, 6) is -4.10. The van der Waals surface area contributed by atoms with Crippen LogP contribution in [0.3, 0.4) is 0 Å². The summed E-state index contributed by atoms with van der Waals surface area (Å²) < 4.78 is 62.4. The first-order valence-corrected chi connectivity index (χ1v) is 20.1. The van der Waals surface area contributed by atoms with E-state index in [9.17, 15) is 41.9 Å². The average Bonchev–Trinajstić information content (AvgIpc) is 3.75. The van der Waals surface area contributed by atoms with E-state index in [1.807, 2.05) is 15.8 Å². The van der Waals surface area contributed by atoms with Gasteiger partial charge in [-0.05, 0) is 80.7 Å². The predicted molar refractivity (Wildman–Crippen MR) is 208 cm³/mol. The molecule has 1 aliphatic carbocycles. The fourth-order valence-electron chi connectivity index (χ4n) is 9.51. The van der Waals surface area contributed by atoms with Gasteiger partial charge in [0.25, 0.3) is 17.7 Å². The summed E-state index contributed by atoms with van der Waals surface area (Å²) in [4.78, 5) is 85.0. The molecule has 6 heterocycles. The lowest BCUT2D eigenvalue weighted by Crippen LogP contribution is -2.54. The third-order valence-corrected chi connectivity index (χ3v) is 12.9. The largest absolute Gasteiger partial charge is 0.494 e. The summed E-state index contributed by atoms with van der Waals surface area (Å²) in [7, 11) is 1.42. The van der Waals surface area contributed by atoms with Crippen LogP contribution in [0.25, 0.3) is 10.9 Å². The van der Waals surface area contributed by atoms with Crippen molar-refractivity contribution in [1.82, 2.24) is 29.9 Å². The third kappa shape index (κ3) is 7.22. The van der Waals surface area contributed by atoms with Crippen LogP contribution >= 0.6 is 0 Å². The maximum atomic E-state index is 15.5. The standard InChI is InChI=1S/C42H40F4N8O7/c1-61-33-18-29-23(15-30(33)48-36(56)28-3-2-4-34(47-28)42(44,45)46)21-53(50-29)24-19-41(20-24)9-13-52(14-10-41)38(58)22-7-11-51(12-8-22)32-17-26-25(16-27(32)43)39(59)54(40(26)60)31-5-6-35(55)49-37(31)57/h2-4,15-18,21-22,24,31H,5-14,19-20H2,1H3,(H,48,56)(H,49,55,57)/t31-/m1/s1. The first kappa shape index (κ1) is 40.0. The molecule has 1 spiro atoms. The number of anilines is 2. The lowest BCUT2D eigenvalue weighted by Gasteiger charge is -2.52. The zero-order valence-corrected chi connectivity index (χ0v) is 32.9. The molecule has 4 aromatic rings. The Morgan fingerprint density at radius 3 is 2.31 bits per heavy atom. The van der Waals surface area contributed by atoms with Crippen molar-refractivity contribution in [3.8, 4) is 5.75 Å². The number of ether oxygens (including phenoxy) is 1. The molecule has 2 N–H and O–H groups in total. The number of nitrogens with zero attached hydrogens (tertiary/aromatic N) is 6. The number of alkyl halides is 3. The van der Waals surface area contributed by atoms with Crippen molar-refractivity contribution in [2.45, 2.75) is 69.6 Å². The van der Waals surface area contributed by atoms with Crippen LogP contribution < -0.4 is 20.3 Å². The Balaban J connectivity index is 0.780. The van der Waals surface area contributed by atoms with Crippen molar-refractivity contribution in [1.29, 1.82) is 0 Å². The van der Waals surface area contributed by atoms with Crippen LogP contribution in [0, 0.1) is 17.2 Å². The number of aromatic nitrogens is 3. The number of imide groups is 2. The van der Waals surface area contributed by atoms with Gasteiger partial charge in [0, 0.05) is 56.2 Å². The van der Waals surface area contributed by atoms with Crippen molar-refractivity contribution >= 4 is 57.7 Å². The van der Waals surface area contributed by atoms with Gasteiger partial charge in [0.05, 0.1) is 41.2 Å². The van der Waals surface area contributed by atoms with Crippen LogP contribution in [0.2, 0.25) is 0 Å². The quantitative estimate of drug-likeness (QED) is 0.188. The van der Waals surface area contributed by atoms with Crippen LogP contribution in [0.1, 0.15) is 94.3 Å². The molecule has 1 saturated carbocycles. The molecular weight excluding hydrogens is 805 g/mol. The molecule has 19 heteroatoms. The molecule has 0 radical (unpaired) electrons. The Labute approximate surface area is 345 Å². The highest BCUT2D eigenvalue weighted by molar-refractivity contribution is 6.23. The lowest BCUT2D eigenvalue weighted by molar-refractivity contribution is -0.141. The first-order chi connectivity index (χ1) is 29.1. The molecule has 4 aliphatic heterocycles. The highest BCUT2D eigenvalue weighted by Crippen LogP contribution is 2.55. The molecule has 61 heavy (non-hydrogen) atoms. The number of pyridine rings is 1. The molecular formula is C42H40F4N8O7. The van der Waals surface area contributed by atoms with E-state index in [0.717, 1.165) is 48.8 Å². The van der Waals surface area contributed by atoms with Crippen molar-refractivity contribution in [2.24, 2.45) is 11.3 Å². The molecule has 6 amide bonds. The van der Waals surface area contributed by atoms with Gasteiger partial charge in [0.15, 0.2) is 0 Å². The number of carbonyl (C=O) groups is 6. The fraction of sp³-hybridized carbons (Fsp3) is 0.429. The van der Waals surface area contributed by atoms with Gasteiger partial charge in [-0.1, -0.05) is 6.07 Å². The van der Waals surface area contributed by atoms with Crippen LogP contribution in [-0.2, 0) is 20.6 Å². The van der Waals surface area contributed by atoms with E-state index in [4.69, 9.17) is 9.84 Å². The lowest BCUT2D eigenvalue weighted by atomic mass is 9.60. The van der Waals surface area contributed by atoms with Gasteiger partial charge in [0.2, 0.25) is 17.7 Å². The van der Waals surface area contributed by atoms with Crippen molar-refractivity contribution in [3.63, 3.8) is 0 Å². The molecule has 318 valence electrons. The van der Waals surface area contributed by atoms with Crippen LogP contribution in [0.4, 0.5) is 28.9 Å². The Hall–Kier alpha value is -6.40. The van der Waals surface area contributed by atoms with Gasteiger partial charge in [-0.25, -0.2) is 9.37 Å². The number of halogens is 4. The molecule has 4 fully saturated rings. The second-order valence-corrected chi connectivity index (χ2v) is 16.5. The maximum absolute atomic E-state index is 15.5. The SMILES string of the molecule is COc1cc2nn(C3CC4(CCN(C(=O)C5CCN(c6cc7c(cc6F)C(=O)N([C@@H]6CCC(=O)NC6=O)C7=O)CC5)CC4)C3)cc2cc1NC(=O)c1cccc(C(F)(F)F)n1. The average molecular weight is 845 g/mol. The Morgan fingerprint density at radius 1 is 0.934 bits per heavy atom. The second-order valence-electron chi connectivity index (χ2n) is 16.5. The fourth-order valence-corrected chi connectivity index (χ4v) is 9.51. The molecule has 0 bridgehead atoms. The summed E-state index contributed by atoms with van der Waals surface area (Å²) in [5, 5.41) is 10.2. The number of rotatable bonds is 7. The number of methoxy groups -OCH3 is 1. The number of piperidine rings is 3. The van der Waals surface area contributed by atoms with Crippen LogP contribution in [0.15, 0.2) is 48.7 Å². The minimum Gasteiger partial charge on any atom is -0.494 e. The number of hydrogen-bond acceptors (Lipinski definition) is 10. The van der Waals surface area contributed by atoms with Crippen molar-refractivity contribution in [2.75, 3.05) is 43.5 Å². The van der Waals surface area contributed by atoms with E-state index in [1.165, 1.54) is 19.2 Å². The Morgan fingerprint density at radius 2 is 1.64 bits per heavy atom. The number of nitrogens with one attached hydrogen (secondary N) is 2. The number of benzene rings is 2. The number of fused-ring (bicyclic) bond motifs is 2. The molecule has 5 aliphatic rings. The number of amides is 6. The van der Waals surface area contributed by atoms with Gasteiger partial charge in [-0.3, -0.25) is 43.7 Å². The van der Waals surface area contributed by atoms with Gasteiger partial charge in [-0.15, -0.1) is 0 Å². The minimum atomic E-state index is -4.70. The third-order valence-electron chi connectivity index (χ3n) is 12.9. The number of carbonyl (C=O) groups excluding carboxylic acids is 6. The summed E-state index contributed by atoms with van der Waals surface area (Å²) in [6.07, 6.45) is 1.54. The molecule has 0 unspecified atom stereocenters. The monoisotopic (exact) mass is 844 g/mol. The van der Waals surface area contributed by atoms with E-state index >= 15 is 4.39 Å². The van der Waals surface area contributed by atoms with Crippen molar-refractivity contribution in [3.05, 3.63) is 77.0 Å². The highest BCUT2D eigenvalue weighted by atomic mass is 19.4. The predicted octanol–water partition coefficient (Wildman–Crippen LogP) is 5.11. The number of likely N-dealkylation sites (tertiary alicyclic amines) is 1. The van der Waals surface area contributed by atoms with Crippen LogP contribution in [-0.4, -0.2) is 99.3 Å². The molecule has 3 saturated heterocycles. The zero-order chi connectivity index (χ0) is 43.0. The number of hydrogen-bond donors (Lipinski definition) is 2. The molecule has 2 aromatic carbocycles. The van der Waals surface area contributed by atoms with E-state index in [1.54, 1.807) is 17.0 Å². The Kier molecular flexibility index (Phi) is 9.81. The smallest absolute Gasteiger partial charge is 0.433 e. The molecule has 15 nitrogen and oxygen atoms in total. The molecule has 9 rings (SSSR count). The van der Waals surface area contributed by atoms with Crippen LogP contribution in [0.5, 0.6) is 5.75 Å². The van der Waals surface area contributed by atoms with E-state index < -0.39 is 59.0 Å². The molecule has 1 atom stereocenters. The summed E-state index contributed by atoms with van der Waals surface area (Å²) in [6.45, 7) is 1.98. The van der Waals surface area contributed by atoms with E-state index in [0.29, 0.717) is 49.9 Å². The van der Waals surface area contributed by atoms with E-state index in [2.05, 4.69) is 15.6 Å². The zero-order valence-electron chi connectivity index (χ0n) is 32.9. The molecule has 2 aromatic heterocycles. The van der Waals surface area contributed by atoms with Crippen molar-refractivity contribution < 1.29 is 51.1 Å². The van der Waals surface area contributed by atoms with E-state index in [-0.39, 0.29) is 64.4 Å². The second kappa shape index (κ2) is 14.9. The maximum Gasteiger partial charge on any atom is 0.433 e. The Bertz CT molecular complexity index is 2520. The summed E-state index contributed by atoms with van der Waals surface area (Å²) in [6, 6.07) is 7.78.